The van der Waals surface area contributed by atoms with Gasteiger partial charge in [-0.3, -0.25) is 4.98 Å². The van der Waals surface area contributed by atoms with Crippen LogP contribution in [-0.2, 0) is 0 Å². The van der Waals surface area contributed by atoms with Crippen molar-refractivity contribution in [3.63, 3.8) is 0 Å². The third-order valence-corrected chi connectivity index (χ3v) is 3.05. The van der Waals surface area contributed by atoms with Gasteiger partial charge in [-0.2, -0.15) is 0 Å². The van der Waals surface area contributed by atoms with E-state index in [0.29, 0.717) is 12.3 Å². The molecule has 2 N–H and O–H groups in total. The molecule has 1 unspecified atom stereocenters. The average Bonchev–Trinajstić information content (AvgIpc) is 2.53. The zero-order valence-electron chi connectivity index (χ0n) is 11.9. The smallest absolute Gasteiger partial charge is 0.123 e. The van der Waals surface area contributed by atoms with Crippen LogP contribution in [0.5, 0.6) is 5.75 Å². The maximum absolute atomic E-state index is 12.7. The topological polar surface area (TPSA) is 54.4 Å². The van der Waals surface area contributed by atoms with Crippen LogP contribution < -0.4 is 10.1 Å². The largest absolute Gasteiger partial charge is 0.491 e. The van der Waals surface area contributed by atoms with Crippen LogP contribution in [0.1, 0.15) is 18.7 Å². The maximum atomic E-state index is 12.7. The molecule has 1 aromatic heterocycles. The number of pyridine rings is 1. The summed E-state index contributed by atoms with van der Waals surface area (Å²) in [6, 6.07) is 11.5. The molecule has 2 aromatic rings. The van der Waals surface area contributed by atoms with Gasteiger partial charge in [0, 0.05) is 18.8 Å². The molecular weight excluding hydrogens is 271 g/mol. The second-order valence-corrected chi connectivity index (χ2v) is 4.80. The predicted molar refractivity (Wildman–Crippen MR) is 78.6 cm³/mol. The van der Waals surface area contributed by atoms with Crippen molar-refractivity contribution in [3.05, 3.63) is 60.2 Å². The average molecular weight is 290 g/mol. The van der Waals surface area contributed by atoms with E-state index in [-0.39, 0.29) is 18.5 Å². The molecule has 4 nitrogen and oxygen atoms in total. The van der Waals surface area contributed by atoms with E-state index in [4.69, 9.17) is 4.74 Å². The minimum absolute atomic E-state index is 0.0478. The molecule has 5 heteroatoms. The third-order valence-electron chi connectivity index (χ3n) is 3.05. The van der Waals surface area contributed by atoms with Crippen molar-refractivity contribution in [3.8, 4) is 5.75 Å². The first kappa shape index (κ1) is 15.4. The lowest BCUT2D eigenvalue weighted by Crippen LogP contribution is -2.33. The van der Waals surface area contributed by atoms with Crippen molar-refractivity contribution in [2.45, 2.75) is 19.1 Å². The summed E-state index contributed by atoms with van der Waals surface area (Å²) in [7, 11) is 0. The zero-order valence-corrected chi connectivity index (χ0v) is 11.9. The lowest BCUT2D eigenvalue weighted by molar-refractivity contribution is 0.104. The van der Waals surface area contributed by atoms with Gasteiger partial charge in [0.25, 0.3) is 0 Å². The number of rotatable bonds is 7. The van der Waals surface area contributed by atoms with Crippen LogP contribution >= 0.6 is 0 Å². The Kier molecular flexibility index (Phi) is 5.66. The highest BCUT2D eigenvalue weighted by Gasteiger charge is 2.10. The summed E-state index contributed by atoms with van der Waals surface area (Å²) in [5.41, 5.74) is 0.921. The van der Waals surface area contributed by atoms with Crippen molar-refractivity contribution >= 4 is 0 Å². The van der Waals surface area contributed by atoms with Crippen molar-refractivity contribution in [1.82, 2.24) is 10.3 Å². The van der Waals surface area contributed by atoms with E-state index >= 15 is 0 Å². The Morgan fingerprint density at radius 2 is 2.00 bits per heavy atom. The second-order valence-electron chi connectivity index (χ2n) is 4.80. The fraction of sp³-hybridized carbons (Fsp3) is 0.312. The van der Waals surface area contributed by atoms with Gasteiger partial charge in [0.1, 0.15) is 24.3 Å². The molecule has 0 aliphatic rings. The first-order valence-corrected chi connectivity index (χ1v) is 6.86. The lowest BCUT2D eigenvalue weighted by atomic mass is 10.2. The Hall–Kier alpha value is -1.98. The quantitative estimate of drug-likeness (QED) is 0.821. The number of hydrogen-bond acceptors (Lipinski definition) is 4. The molecule has 112 valence electrons. The summed E-state index contributed by atoms with van der Waals surface area (Å²) in [4.78, 5) is 4.25. The summed E-state index contributed by atoms with van der Waals surface area (Å²) in [5, 5.41) is 13.1. The molecular formula is C16H19FN2O2. The van der Waals surface area contributed by atoms with E-state index in [2.05, 4.69) is 10.3 Å². The molecule has 0 bridgehead atoms. The minimum Gasteiger partial charge on any atom is -0.491 e. The van der Waals surface area contributed by atoms with Crippen molar-refractivity contribution < 1.29 is 14.2 Å². The molecule has 21 heavy (non-hydrogen) atoms. The Balaban J connectivity index is 1.72. The molecule has 0 saturated heterocycles. The molecule has 2 rings (SSSR count). The number of nitrogens with zero attached hydrogens (tertiary/aromatic N) is 1. The second kappa shape index (κ2) is 7.71. The number of halogens is 1. The molecule has 2 atom stereocenters. The van der Waals surface area contributed by atoms with E-state index in [9.17, 15) is 9.50 Å². The minimum atomic E-state index is -0.652. The molecule has 0 aliphatic carbocycles. The van der Waals surface area contributed by atoms with Gasteiger partial charge >= 0.3 is 0 Å². The SMILES string of the molecule is C[C@@H](NCC(O)COc1ccc(F)cc1)c1ccccn1. The molecule has 0 amide bonds. The summed E-state index contributed by atoms with van der Waals surface area (Å²) in [6.07, 6.45) is 1.09. The van der Waals surface area contributed by atoms with E-state index in [1.807, 2.05) is 25.1 Å². The van der Waals surface area contributed by atoms with E-state index in [0.717, 1.165) is 5.69 Å². The van der Waals surface area contributed by atoms with Crippen LogP contribution in [0.2, 0.25) is 0 Å². The summed E-state index contributed by atoms with van der Waals surface area (Å²) >= 11 is 0. The molecule has 0 aliphatic heterocycles. The standard InChI is InChI=1S/C16H19FN2O2/c1-12(16-4-2-3-9-18-16)19-10-14(20)11-21-15-7-5-13(17)6-8-15/h2-9,12,14,19-20H,10-11H2,1H3/t12-,14?/m1/s1. The summed E-state index contributed by atoms with van der Waals surface area (Å²) in [5.74, 6) is 0.224. The van der Waals surface area contributed by atoms with Crippen molar-refractivity contribution in [1.29, 1.82) is 0 Å². The Bertz CT molecular complexity index is 534. The van der Waals surface area contributed by atoms with Crippen molar-refractivity contribution in [2.24, 2.45) is 0 Å². The number of ether oxygens (including phenoxy) is 1. The van der Waals surface area contributed by atoms with Crippen LogP contribution in [0.15, 0.2) is 48.7 Å². The number of benzene rings is 1. The molecule has 0 spiro atoms. The fourth-order valence-corrected chi connectivity index (χ4v) is 1.83. The molecule has 1 aromatic carbocycles. The van der Waals surface area contributed by atoms with Gasteiger partial charge in [-0.15, -0.1) is 0 Å². The van der Waals surface area contributed by atoms with Gasteiger partial charge in [-0.25, -0.2) is 4.39 Å². The highest BCUT2D eigenvalue weighted by atomic mass is 19.1. The van der Waals surface area contributed by atoms with Crippen LogP contribution in [0.25, 0.3) is 0 Å². The zero-order chi connectivity index (χ0) is 15.1. The van der Waals surface area contributed by atoms with Gasteiger partial charge in [0.2, 0.25) is 0 Å². The fourth-order valence-electron chi connectivity index (χ4n) is 1.83. The first-order chi connectivity index (χ1) is 10.1. The number of aromatic nitrogens is 1. The predicted octanol–water partition coefficient (Wildman–Crippen LogP) is 2.31. The van der Waals surface area contributed by atoms with Gasteiger partial charge in [-0.05, 0) is 43.3 Å². The Morgan fingerprint density at radius 1 is 1.24 bits per heavy atom. The van der Waals surface area contributed by atoms with Crippen LogP contribution in [0.4, 0.5) is 4.39 Å². The van der Waals surface area contributed by atoms with Crippen molar-refractivity contribution in [2.75, 3.05) is 13.2 Å². The van der Waals surface area contributed by atoms with E-state index in [1.165, 1.54) is 24.3 Å². The number of hydrogen-bond donors (Lipinski definition) is 2. The normalized spacial score (nSPS) is 13.7. The van der Waals surface area contributed by atoms with Gasteiger partial charge in [-0.1, -0.05) is 6.07 Å². The summed E-state index contributed by atoms with van der Waals surface area (Å²) < 4.78 is 18.1. The van der Waals surface area contributed by atoms with Crippen LogP contribution in [-0.4, -0.2) is 29.3 Å². The molecule has 0 radical (unpaired) electrons. The number of aliphatic hydroxyl groups excluding tert-OH is 1. The highest BCUT2D eigenvalue weighted by molar-refractivity contribution is 5.22. The summed E-state index contributed by atoms with van der Waals surface area (Å²) in [6.45, 7) is 2.52. The number of aliphatic hydroxyl groups is 1. The molecule has 0 saturated carbocycles. The first-order valence-electron chi connectivity index (χ1n) is 6.86. The highest BCUT2D eigenvalue weighted by Crippen LogP contribution is 2.11. The number of nitrogens with one attached hydrogen (secondary N) is 1. The van der Waals surface area contributed by atoms with E-state index < -0.39 is 6.10 Å². The lowest BCUT2D eigenvalue weighted by Gasteiger charge is -2.17. The Labute approximate surface area is 123 Å². The maximum Gasteiger partial charge on any atom is 0.123 e. The van der Waals surface area contributed by atoms with Gasteiger partial charge in [0.15, 0.2) is 0 Å². The van der Waals surface area contributed by atoms with Crippen LogP contribution in [0, 0.1) is 5.82 Å². The van der Waals surface area contributed by atoms with Gasteiger partial charge < -0.3 is 15.2 Å². The van der Waals surface area contributed by atoms with Crippen LogP contribution in [0.3, 0.4) is 0 Å². The third kappa shape index (κ3) is 5.13. The molecule has 0 fully saturated rings. The van der Waals surface area contributed by atoms with Gasteiger partial charge in [0.05, 0.1) is 5.69 Å². The Morgan fingerprint density at radius 3 is 2.67 bits per heavy atom. The van der Waals surface area contributed by atoms with E-state index in [1.54, 1.807) is 6.20 Å². The monoisotopic (exact) mass is 290 g/mol. The molecule has 1 heterocycles.